The second-order valence-electron chi connectivity index (χ2n) is 7.14. The number of unbranched alkanes of at least 4 members (excludes halogenated alkanes) is 13. The Morgan fingerprint density at radius 3 is 1.64 bits per heavy atom. The molecule has 0 fully saturated rings. The normalized spacial score (nSPS) is 14.2. The molecular formula is C19H43N2O6P. The summed E-state index contributed by atoms with van der Waals surface area (Å²) in [6.45, 7) is 1.81. The van der Waals surface area contributed by atoms with Crippen molar-refractivity contribution in [2.75, 3.05) is 13.2 Å². The fraction of sp³-hybridized carbons (Fsp3) is 0.947. The van der Waals surface area contributed by atoms with Crippen LogP contribution < -0.4 is 11.9 Å². The lowest BCUT2D eigenvalue weighted by Crippen LogP contribution is -2.34. The Hall–Kier alpha value is -0.500. The van der Waals surface area contributed by atoms with Gasteiger partial charge in [0.1, 0.15) is 6.04 Å². The fourth-order valence-corrected chi connectivity index (χ4v) is 3.54. The number of carbonyl (C=O) groups is 1. The van der Waals surface area contributed by atoms with Crippen LogP contribution in [0.1, 0.15) is 96.8 Å². The molecule has 7 N–H and O–H groups in total. The molecule has 0 amide bonds. The van der Waals surface area contributed by atoms with E-state index in [0.717, 1.165) is 12.8 Å². The Morgan fingerprint density at radius 2 is 1.25 bits per heavy atom. The Morgan fingerprint density at radius 1 is 0.857 bits per heavy atom. The van der Waals surface area contributed by atoms with Gasteiger partial charge in [-0.2, -0.15) is 0 Å². The summed E-state index contributed by atoms with van der Waals surface area (Å²) in [5.74, 6) is -1.29. The number of aliphatic carboxylic acids is 1. The SMILES string of the molecule is CCCCCCCCCCCCCCCCOP(=O)(O)OCC(N)C(=O)O.N. The first-order valence-electron chi connectivity index (χ1n) is 10.5. The van der Waals surface area contributed by atoms with Gasteiger partial charge in [-0.3, -0.25) is 13.8 Å². The van der Waals surface area contributed by atoms with Crippen molar-refractivity contribution in [3.63, 3.8) is 0 Å². The van der Waals surface area contributed by atoms with E-state index in [4.69, 9.17) is 15.4 Å². The Kier molecular flexibility index (Phi) is 21.0. The average Bonchev–Trinajstić information content (AvgIpc) is 2.62. The average molecular weight is 427 g/mol. The highest BCUT2D eigenvalue weighted by atomic mass is 31.2. The van der Waals surface area contributed by atoms with Gasteiger partial charge in [-0.05, 0) is 6.42 Å². The van der Waals surface area contributed by atoms with Crippen LogP contribution in [0, 0.1) is 0 Å². The summed E-state index contributed by atoms with van der Waals surface area (Å²) in [5.41, 5.74) is 5.20. The van der Waals surface area contributed by atoms with Gasteiger partial charge < -0.3 is 21.9 Å². The zero-order valence-electron chi connectivity index (χ0n) is 17.7. The number of hydrogen-bond donors (Lipinski definition) is 4. The summed E-state index contributed by atoms with van der Waals surface area (Å²) in [7, 11) is -4.22. The Bertz CT molecular complexity index is 412. The largest absolute Gasteiger partial charge is 0.480 e. The van der Waals surface area contributed by atoms with Crippen molar-refractivity contribution in [3.8, 4) is 0 Å². The van der Waals surface area contributed by atoms with Crippen molar-refractivity contribution in [1.82, 2.24) is 6.15 Å². The third kappa shape index (κ3) is 20.2. The van der Waals surface area contributed by atoms with Crippen LogP contribution in [0.4, 0.5) is 0 Å². The summed E-state index contributed by atoms with van der Waals surface area (Å²) < 4.78 is 20.9. The van der Waals surface area contributed by atoms with Crippen LogP contribution in [0.15, 0.2) is 0 Å². The highest BCUT2D eigenvalue weighted by molar-refractivity contribution is 7.47. The lowest BCUT2D eigenvalue weighted by Gasteiger charge is -2.13. The second kappa shape index (κ2) is 19.8. The molecule has 0 saturated carbocycles. The minimum atomic E-state index is -4.22. The first kappa shape index (κ1) is 29.7. The first-order chi connectivity index (χ1) is 12.9. The number of nitrogens with two attached hydrogens (primary N) is 1. The first-order valence-corrected chi connectivity index (χ1v) is 12.0. The van der Waals surface area contributed by atoms with E-state index in [2.05, 4.69) is 11.4 Å². The number of phosphoric ester groups is 1. The van der Waals surface area contributed by atoms with E-state index in [1.165, 1.54) is 70.6 Å². The lowest BCUT2D eigenvalue weighted by atomic mass is 10.0. The zero-order chi connectivity index (χ0) is 20.4. The molecule has 0 heterocycles. The van der Waals surface area contributed by atoms with Crippen LogP contribution in [0.5, 0.6) is 0 Å². The molecule has 0 aromatic rings. The van der Waals surface area contributed by atoms with Crippen molar-refractivity contribution in [1.29, 1.82) is 0 Å². The van der Waals surface area contributed by atoms with Crippen molar-refractivity contribution in [2.45, 2.75) is 103 Å². The molecule has 0 radical (unpaired) electrons. The minimum absolute atomic E-state index is 0. The van der Waals surface area contributed by atoms with Gasteiger partial charge in [0, 0.05) is 0 Å². The topological polar surface area (TPSA) is 154 Å². The van der Waals surface area contributed by atoms with E-state index in [1.54, 1.807) is 0 Å². The molecule has 0 aromatic carbocycles. The molecule has 9 heteroatoms. The van der Waals surface area contributed by atoms with Crippen molar-refractivity contribution in [2.24, 2.45) is 5.73 Å². The highest BCUT2D eigenvalue weighted by Crippen LogP contribution is 2.43. The molecular weight excluding hydrogens is 383 g/mol. The second-order valence-corrected chi connectivity index (χ2v) is 8.59. The van der Waals surface area contributed by atoms with Gasteiger partial charge in [-0.1, -0.05) is 90.4 Å². The minimum Gasteiger partial charge on any atom is -0.480 e. The molecule has 0 spiro atoms. The molecule has 2 unspecified atom stereocenters. The van der Waals surface area contributed by atoms with Crippen molar-refractivity contribution in [3.05, 3.63) is 0 Å². The summed E-state index contributed by atoms with van der Waals surface area (Å²) in [6, 6.07) is -1.34. The summed E-state index contributed by atoms with van der Waals surface area (Å²) >= 11 is 0. The van der Waals surface area contributed by atoms with Crippen LogP contribution in [0.25, 0.3) is 0 Å². The molecule has 0 aliphatic carbocycles. The molecule has 170 valence electrons. The van der Waals surface area contributed by atoms with E-state index in [0.29, 0.717) is 6.42 Å². The van der Waals surface area contributed by atoms with Gasteiger partial charge in [0.05, 0.1) is 13.2 Å². The third-order valence-electron chi connectivity index (χ3n) is 4.49. The van der Waals surface area contributed by atoms with E-state index >= 15 is 0 Å². The molecule has 0 aliphatic heterocycles. The summed E-state index contributed by atoms with van der Waals surface area (Å²) in [6.07, 6.45) is 17.2. The van der Waals surface area contributed by atoms with Gasteiger partial charge in [-0.15, -0.1) is 0 Å². The highest BCUT2D eigenvalue weighted by Gasteiger charge is 2.24. The van der Waals surface area contributed by atoms with Crippen molar-refractivity contribution >= 4 is 13.8 Å². The van der Waals surface area contributed by atoms with E-state index in [1.807, 2.05) is 0 Å². The van der Waals surface area contributed by atoms with Gasteiger partial charge in [-0.25, -0.2) is 4.57 Å². The number of carboxylic acid groups (broad SMARTS) is 1. The number of phosphoric acid groups is 1. The Balaban J connectivity index is 0. The van der Waals surface area contributed by atoms with E-state index < -0.39 is 26.4 Å². The summed E-state index contributed by atoms with van der Waals surface area (Å²) in [4.78, 5) is 19.9. The Labute approximate surface area is 170 Å². The van der Waals surface area contributed by atoms with Crippen LogP contribution in [0.3, 0.4) is 0 Å². The predicted octanol–water partition coefficient (Wildman–Crippen LogP) is 5.18. The molecule has 8 nitrogen and oxygen atoms in total. The maximum absolute atomic E-state index is 11.5. The lowest BCUT2D eigenvalue weighted by molar-refractivity contribution is -0.139. The van der Waals surface area contributed by atoms with E-state index in [9.17, 15) is 14.3 Å². The van der Waals surface area contributed by atoms with Crippen molar-refractivity contribution < 1.29 is 28.4 Å². The van der Waals surface area contributed by atoms with Gasteiger partial charge in [0.25, 0.3) is 0 Å². The monoisotopic (exact) mass is 426 g/mol. The molecule has 0 aliphatic rings. The number of carboxylic acids is 1. The van der Waals surface area contributed by atoms with Crippen LogP contribution >= 0.6 is 7.82 Å². The van der Waals surface area contributed by atoms with Crippen LogP contribution in [0.2, 0.25) is 0 Å². The molecule has 0 bridgehead atoms. The quantitative estimate of drug-likeness (QED) is 0.153. The van der Waals surface area contributed by atoms with Gasteiger partial charge in [0.15, 0.2) is 0 Å². The van der Waals surface area contributed by atoms with Crippen LogP contribution in [-0.2, 0) is 18.4 Å². The van der Waals surface area contributed by atoms with Gasteiger partial charge in [0.2, 0.25) is 0 Å². The predicted molar refractivity (Wildman–Crippen MR) is 113 cm³/mol. The fourth-order valence-electron chi connectivity index (χ4n) is 2.76. The standard InChI is InChI=1S/C19H40NO6P.H3N/c1-2-3-4-5-6-7-8-9-10-11-12-13-14-15-16-25-27(23,24)26-17-18(20)19(21)22;/h18H,2-17,20H2,1H3,(H,21,22)(H,23,24);1H3. The maximum atomic E-state index is 11.5. The smallest absolute Gasteiger partial charge is 0.472 e. The number of hydrogen-bond acceptors (Lipinski definition) is 6. The molecule has 0 rings (SSSR count). The van der Waals surface area contributed by atoms with Gasteiger partial charge >= 0.3 is 13.8 Å². The third-order valence-corrected chi connectivity index (χ3v) is 5.47. The van der Waals surface area contributed by atoms with E-state index in [-0.39, 0.29) is 12.8 Å². The number of rotatable bonds is 20. The molecule has 0 aromatic heterocycles. The molecule has 0 saturated heterocycles. The molecule has 28 heavy (non-hydrogen) atoms. The van der Waals surface area contributed by atoms with Crippen LogP contribution in [-0.4, -0.2) is 35.2 Å². The maximum Gasteiger partial charge on any atom is 0.472 e. The summed E-state index contributed by atoms with van der Waals surface area (Å²) in [5, 5.41) is 8.58. The zero-order valence-corrected chi connectivity index (χ0v) is 18.5. The molecule has 2 atom stereocenters.